The van der Waals surface area contributed by atoms with Gasteiger partial charge < -0.3 is 15.0 Å². The maximum atomic E-state index is 5.38. The third-order valence-corrected chi connectivity index (χ3v) is 3.87. The molecule has 1 aliphatic rings. The first kappa shape index (κ1) is 13.9. The Morgan fingerprint density at radius 2 is 2.14 bits per heavy atom. The summed E-state index contributed by atoms with van der Waals surface area (Å²) in [5.74, 6) is 0.708. The standard InChI is InChI=1S/C17H21N3O/c1-13-11-20(12-15-7-5-9-18-17(15)21-2)16-8-4-3-6-14(16)10-19-13/h3-9,13,19H,10-12H2,1-2H3. The highest BCUT2D eigenvalue weighted by molar-refractivity contribution is 5.55. The van der Waals surface area contributed by atoms with Crippen LogP contribution >= 0.6 is 0 Å². The van der Waals surface area contributed by atoms with Crippen LogP contribution in [0.4, 0.5) is 5.69 Å². The monoisotopic (exact) mass is 283 g/mol. The van der Waals surface area contributed by atoms with E-state index in [0.717, 1.165) is 25.2 Å². The summed E-state index contributed by atoms with van der Waals surface area (Å²) in [4.78, 5) is 6.70. The normalized spacial score (nSPS) is 18.0. The molecule has 4 nitrogen and oxygen atoms in total. The molecule has 0 saturated heterocycles. The first-order chi connectivity index (χ1) is 10.3. The second kappa shape index (κ2) is 6.14. The van der Waals surface area contributed by atoms with Crippen LogP contribution in [-0.2, 0) is 13.1 Å². The van der Waals surface area contributed by atoms with Gasteiger partial charge in [0.15, 0.2) is 0 Å². The summed E-state index contributed by atoms with van der Waals surface area (Å²) in [6.45, 7) is 4.91. The van der Waals surface area contributed by atoms with Crippen LogP contribution in [0.25, 0.3) is 0 Å². The Morgan fingerprint density at radius 1 is 1.29 bits per heavy atom. The first-order valence-electron chi connectivity index (χ1n) is 7.32. The topological polar surface area (TPSA) is 37.4 Å². The van der Waals surface area contributed by atoms with Gasteiger partial charge in [0.1, 0.15) is 0 Å². The zero-order valence-electron chi connectivity index (χ0n) is 12.5. The van der Waals surface area contributed by atoms with Gasteiger partial charge in [0.2, 0.25) is 5.88 Å². The van der Waals surface area contributed by atoms with Crippen LogP contribution in [0.5, 0.6) is 5.88 Å². The highest BCUT2D eigenvalue weighted by Gasteiger charge is 2.19. The molecule has 1 aliphatic heterocycles. The Morgan fingerprint density at radius 3 is 3.00 bits per heavy atom. The smallest absolute Gasteiger partial charge is 0.218 e. The van der Waals surface area contributed by atoms with Crippen LogP contribution in [-0.4, -0.2) is 24.7 Å². The van der Waals surface area contributed by atoms with Gasteiger partial charge in [-0.25, -0.2) is 4.98 Å². The molecule has 0 aliphatic carbocycles. The number of ether oxygens (including phenoxy) is 1. The van der Waals surface area contributed by atoms with Crippen molar-refractivity contribution in [3.8, 4) is 5.88 Å². The lowest BCUT2D eigenvalue weighted by Gasteiger charge is -2.27. The molecule has 1 N–H and O–H groups in total. The fraction of sp³-hybridized carbons (Fsp3) is 0.353. The number of rotatable bonds is 3. The van der Waals surface area contributed by atoms with Crippen molar-refractivity contribution in [3.05, 3.63) is 53.7 Å². The van der Waals surface area contributed by atoms with E-state index in [1.807, 2.05) is 6.07 Å². The van der Waals surface area contributed by atoms with Crippen LogP contribution < -0.4 is 15.0 Å². The van der Waals surface area contributed by atoms with Gasteiger partial charge in [-0.15, -0.1) is 0 Å². The van der Waals surface area contributed by atoms with Crippen LogP contribution in [0.1, 0.15) is 18.1 Å². The van der Waals surface area contributed by atoms with Crippen molar-refractivity contribution in [1.82, 2.24) is 10.3 Å². The number of nitrogens with one attached hydrogen (secondary N) is 1. The summed E-state index contributed by atoms with van der Waals surface area (Å²) in [7, 11) is 1.67. The molecule has 0 fully saturated rings. The van der Waals surface area contributed by atoms with E-state index < -0.39 is 0 Å². The zero-order chi connectivity index (χ0) is 14.7. The number of benzene rings is 1. The summed E-state index contributed by atoms with van der Waals surface area (Å²) >= 11 is 0. The molecular formula is C17H21N3O. The molecule has 2 heterocycles. The minimum Gasteiger partial charge on any atom is -0.481 e. The van der Waals surface area contributed by atoms with Gasteiger partial charge in [-0.3, -0.25) is 0 Å². The van der Waals surface area contributed by atoms with E-state index in [2.05, 4.69) is 52.5 Å². The van der Waals surface area contributed by atoms with E-state index in [9.17, 15) is 0 Å². The fourth-order valence-electron chi connectivity index (χ4n) is 2.83. The molecule has 21 heavy (non-hydrogen) atoms. The van der Waals surface area contributed by atoms with Crippen LogP contribution in [0.3, 0.4) is 0 Å². The summed E-state index contributed by atoms with van der Waals surface area (Å²) in [6, 6.07) is 13.1. The molecule has 1 aromatic heterocycles. The molecule has 4 heteroatoms. The number of nitrogens with zero attached hydrogens (tertiary/aromatic N) is 2. The molecular weight excluding hydrogens is 262 g/mol. The molecule has 0 bridgehead atoms. The van der Waals surface area contributed by atoms with Crippen LogP contribution in [0.2, 0.25) is 0 Å². The number of anilines is 1. The highest BCUT2D eigenvalue weighted by Crippen LogP contribution is 2.26. The van der Waals surface area contributed by atoms with Crippen molar-refractivity contribution in [2.24, 2.45) is 0 Å². The zero-order valence-corrected chi connectivity index (χ0v) is 12.5. The van der Waals surface area contributed by atoms with Crippen molar-refractivity contribution in [3.63, 3.8) is 0 Å². The molecule has 1 aromatic carbocycles. The van der Waals surface area contributed by atoms with Crippen molar-refractivity contribution in [2.45, 2.75) is 26.1 Å². The Bertz CT molecular complexity index is 614. The quantitative estimate of drug-likeness (QED) is 0.939. The van der Waals surface area contributed by atoms with Crippen molar-refractivity contribution >= 4 is 5.69 Å². The lowest BCUT2D eigenvalue weighted by molar-refractivity contribution is 0.391. The largest absolute Gasteiger partial charge is 0.481 e. The molecule has 0 radical (unpaired) electrons. The first-order valence-corrected chi connectivity index (χ1v) is 7.32. The van der Waals surface area contributed by atoms with Gasteiger partial charge in [0.05, 0.1) is 7.11 Å². The van der Waals surface area contributed by atoms with E-state index in [1.165, 1.54) is 11.3 Å². The summed E-state index contributed by atoms with van der Waals surface area (Å²) in [5, 5.41) is 3.56. The number of aromatic nitrogens is 1. The molecule has 1 atom stereocenters. The van der Waals surface area contributed by atoms with Crippen LogP contribution in [0, 0.1) is 0 Å². The number of methoxy groups -OCH3 is 1. The average molecular weight is 283 g/mol. The Kier molecular flexibility index (Phi) is 4.06. The summed E-state index contributed by atoms with van der Waals surface area (Å²) in [6.07, 6.45) is 1.77. The van der Waals surface area contributed by atoms with E-state index in [1.54, 1.807) is 13.3 Å². The van der Waals surface area contributed by atoms with E-state index in [-0.39, 0.29) is 0 Å². The number of hydrogen-bond donors (Lipinski definition) is 1. The van der Waals surface area contributed by atoms with Gasteiger partial charge >= 0.3 is 0 Å². The van der Waals surface area contributed by atoms with Gasteiger partial charge in [-0.1, -0.05) is 24.3 Å². The summed E-state index contributed by atoms with van der Waals surface area (Å²) < 4.78 is 5.38. The number of pyridine rings is 1. The number of fused-ring (bicyclic) bond motifs is 1. The molecule has 2 aromatic rings. The van der Waals surface area contributed by atoms with E-state index >= 15 is 0 Å². The molecule has 1 unspecified atom stereocenters. The molecule has 110 valence electrons. The minimum absolute atomic E-state index is 0.445. The third-order valence-electron chi connectivity index (χ3n) is 3.87. The maximum Gasteiger partial charge on any atom is 0.218 e. The van der Waals surface area contributed by atoms with E-state index in [4.69, 9.17) is 4.74 Å². The lowest BCUT2D eigenvalue weighted by atomic mass is 10.1. The third kappa shape index (κ3) is 3.00. The number of para-hydroxylation sites is 1. The van der Waals surface area contributed by atoms with Crippen molar-refractivity contribution in [1.29, 1.82) is 0 Å². The Labute approximate surface area is 125 Å². The van der Waals surface area contributed by atoms with Gasteiger partial charge in [-0.2, -0.15) is 0 Å². The van der Waals surface area contributed by atoms with Crippen LogP contribution in [0.15, 0.2) is 42.6 Å². The SMILES string of the molecule is COc1ncccc1CN1CC(C)NCc2ccccc21. The summed E-state index contributed by atoms with van der Waals surface area (Å²) in [5.41, 5.74) is 3.74. The van der Waals surface area contributed by atoms with Gasteiger partial charge in [0.25, 0.3) is 0 Å². The molecule has 0 amide bonds. The lowest BCUT2D eigenvalue weighted by Crippen LogP contribution is -2.35. The van der Waals surface area contributed by atoms with Crippen molar-refractivity contribution < 1.29 is 4.74 Å². The minimum atomic E-state index is 0.445. The Hall–Kier alpha value is -2.07. The predicted octanol–water partition coefficient (Wildman–Crippen LogP) is 2.59. The van der Waals surface area contributed by atoms with E-state index in [0.29, 0.717) is 11.9 Å². The average Bonchev–Trinajstić information content (AvgIpc) is 2.68. The van der Waals surface area contributed by atoms with Crippen molar-refractivity contribution in [2.75, 3.05) is 18.6 Å². The van der Waals surface area contributed by atoms with Gasteiger partial charge in [-0.05, 0) is 24.6 Å². The second-order valence-electron chi connectivity index (χ2n) is 5.46. The Balaban J connectivity index is 1.93. The predicted molar refractivity (Wildman–Crippen MR) is 84.6 cm³/mol. The molecule has 3 rings (SSSR count). The highest BCUT2D eigenvalue weighted by atomic mass is 16.5. The second-order valence-corrected chi connectivity index (χ2v) is 5.46. The maximum absolute atomic E-state index is 5.38. The molecule has 0 spiro atoms. The molecule has 0 saturated carbocycles. The fourth-order valence-corrected chi connectivity index (χ4v) is 2.83. The number of hydrogen-bond acceptors (Lipinski definition) is 4. The van der Waals surface area contributed by atoms with Gasteiger partial charge in [0, 0.05) is 43.1 Å².